The van der Waals surface area contributed by atoms with Crippen molar-refractivity contribution in [3.63, 3.8) is 0 Å². The van der Waals surface area contributed by atoms with E-state index in [4.69, 9.17) is 0 Å². The van der Waals surface area contributed by atoms with Gasteiger partial charge in [0.05, 0.1) is 6.04 Å². The molecule has 0 spiro atoms. The van der Waals surface area contributed by atoms with Crippen molar-refractivity contribution < 1.29 is 4.55 Å². The molecular weight excluding hydrogens is 282 g/mol. The first kappa shape index (κ1) is 15.9. The van der Waals surface area contributed by atoms with E-state index in [2.05, 4.69) is 20.8 Å². The van der Waals surface area contributed by atoms with Gasteiger partial charge in [-0.2, -0.15) is 0 Å². The summed E-state index contributed by atoms with van der Waals surface area (Å²) in [5.41, 5.74) is 3.04. The number of aromatic nitrogens is 2. The summed E-state index contributed by atoms with van der Waals surface area (Å²) in [6.45, 7) is 7.85. The standard InChI is InChI=1S/C16H21N3OS/c1-12(19-21(20)16(2,3)4)14-8-15(11-18-10-14)13-6-5-7-17-9-13/h5-12,19H,1-4H3/t12-,21-/m0/s1. The van der Waals surface area contributed by atoms with E-state index in [9.17, 15) is 4.55 Å². The van der Waals surface area contributed by atoms with E-state index < -0.39 is 11.4 Å². The number of nitrogens with one attached hydrogen (secondary N) is 1. The molecule has 2 heterocycles. The summed E-state index contributed by atoms with van der Waals surface area (Å²) in [6, 6.07) is 5.92. The zero-order valence-corrected chi connectivity index (χ0v) is 13.6. The molecule has 0 radical (unpaired) electrons. The molecule has 0 saturated carbocycles. The Morgan fingerprint density at radius 3 is 2.48 bits per heavy atom. The van der Waals surface area contributed by atoms with Gasteiger partial charge >= 0.3 is 0 Å². The maximum Gasteiger partial charge on any atom is 0.136 e. The molecule has 2 aromatic rings. The van der Waals surface area contributed by atoms with Gasteiger partial charge < -0.3 is 4.55 Å². The quantitative estimate of drug-likeness (QED) is 0.881. The maximum atomic E-state index is 12.2. The average molecular weight is 303 g/mol. The molecule has 0 unspecified atom stereocenters. The molecule has 4 nitrogen and oxygen atoms in total. The fraction of sp³-hybridized carbons (Fsp3) is 0.375. The molecule has 2 aromatic heterocycles. The molecule has 0 saturated heterocycles. The second-order valence-corrected chi connectivity index (χ2v) is 7.97. The minimum atomic E-state index is -1.11. The van der Waals surface area contributed by atoms with Crippen LogP contribution in [0.5, 0.6) is 0 Å². The lowest BCUT2D eigenvalue weighted by Gasteiger charge is -2.26. The van der Waals surface area contributed by atoms with Crippen LogP contribution in [0.4, 0.5) is 0 Å². The van der Waals surface area contributed by atoms with Crippen LogP contribution >= 0.6 is 0 Å². The van der Waals surface area contributed by atoms with Crippen molar-refractivity contribution >= 4 is 11.4 Å². The normalized spacial score (nSPS) is 14.7. The topological polar surface area (TPSA) is 60.9 Å². The van der Waals surface area contributed by atoms with Crippen LogP contribution in [0, 0.1) is 0 Å². The molecule has 0 amide bonds. The van der Waals surface area contributed by atoms with Crippen molar-refractivity contribution in [2.24, 2.45) is 0 Å². The molecule has 112 valence electrons. The van der Waals surface area contributed by atoms with Gasteiger partial charge in [-0.25, -0.2) is 0 Å². The van der Waals surface area contributed by atoms with Crippen LogP contribution in [0.15, 0.2) is 43.0 Å². The van der Waals surface area contributed by atoms with E-state index in [0.29, 0.717) is 0 Å². The first-order valence-corrected chi connectivity index (χ1v) is 8.06. The third-order valence-corrected chi connectivity index (χ3v) is 4.77. The molecule has 0 aliphatic carbocycles. The van der Waals surface area contributed by atoms with E-state index in [0.717, 1.165) is 16.7 Å². The van der Waals surface area contributed by atoms with Crippen molar-refractivity contribution in [3.05, 3.63) is 48.5 Å². The van der Waals surface area contributed by atoms with Crippen molar-refractivity contribution in [2.45, 2.75) is 38.5 Å². The minimum absolute atomic E-state index is 0.0332. The number of hydrogen-bond acceptors (Lipinski definition) is 4. The lowest BCUT2D eigenvalue weighted by atomic mass is 10.1. The lowest BCUT2D eigenvalue weighted by molar-refractivity contribution is 0.531. The first-order valence-electron chi connectivity index (χ1n) is 6.91. The third kappa shape index (κ3) is 4.27. The zero-order chi connectivity index (χ0) is 15.5. The Kier molecular flexibility index (Phi) is 4.98. The van der Waals surface area contributed by atoms with Crippen LogP contribution in [0.2, 0.25) is 0 Å². The van der Waals surface area contributed by atoms with Gasteiger partial charge in [-0.05, 0) is 45.4 Å². The average Bonchev–Trinajstić information content (AvgIpc) is 2.47. The van der Waals surface area contributed by atoms with Crippen molar-refractivity contribution in [3.8, 4) is 11.1 Å². The zero-order valence-electron chi connectivity index (χ0n) is 12.8. The van der Waals surface area contributed by atoms with E-state index in [1.165, 1.54) is 0 Å². The molecule has 1 N–H and O–H groups in total. The highest BCUT2D eigenvalue weighted by molar-refractivity contribution is 7.90. The molecular formula is C16H21N3OS. The Bertz CT molecular complexity index is 584. The Balaban J connectivity index is 2.18. The molecule has 0 bridgehead atoms. The molecule has 0 aliphatic rings. The number of pyridine rings is 2. The Labute approximate surface area is 129 Å². The van der Waals surface area contributed by atoms with E-state index >= 15 is 0 Å². The fourth-order valence-electron chi connectivity index (χ4n) is 1.79. The monoisotopic (exact) mass is 303 g/mol. The van der Waals surface area contributed by atoms with Gasteiger partial charge in [0.15, 0.2) is 0 Å². The van der Waals surface area contributed by atoms with Gasteiger partial charge in [-0.15, -0.1) is 4.72 Å². The number of rotatable bonds is 4. The largest absolute Gasteiger partial charge is 0.598 e. The van der Waals surface area contributed by atoms with Crippen molar-refractivity contribution in [1.82, 2.24) is 14.7 Å². The molecule has 21 heavy (non-hydrogen) atoms. The summed E-state index contributed by atoms with van der Waals surface area (Å²) in [7, 11) is 0. The van der Waals surface area contributed by atoms with Crippen LogP contribution < -0.4 is 4.72 Å². The molecule has 5 heteroatoms. The summed E-state index contributed by atoms with van der Waals surface area (Å²) in [4.78, 5) is 8.41. The minimum Gasteiger partial charge on any atom is -0.598 e. The third-order valence-electron chi connectivity index (χ3n) is 3.09. The van der Waals surface area contributed by atoms with Crippen LogP contribution in [0.3, 0.4) is 0 Å². The van der Waals surface area contributed by atoms with Gasteiger partial charge in [0.1, 0.15) is 4.75 Å². The predicted octanol–water partition coefficient (Wildman–Crippen LogP) is 3.26. The second-order valence-electron chi connectivity index (χ2n) is 5.97. The maximum absolute atomic E-state index is 12.2. The van der Waals surface area contributed by atoms with Gasteiger partial charge in [0, 0.05) is 47.3 Å². The SMILES string of the molecule is C[C@H](N[S@@+]([O-])C(C)(C)C)c1cncc(-c2cccnc2)c1. The van der Waals surface area contributed by atoms with Crippen LogP contribution in [0.25, 0.3) is 11.1 Å². The number of nitrogens with zero attached hydrogens (tertiary/aromatic N) is 2. The van der Waals surface area contributed by atoms with Gasteiger partial charge in [0.2, 0.25) is 0 Å². The number of hydrogen-bond donors (Lipinski definition) is 1. The van der Waals surface area contributed by atoms with E-state index in [1.807, 2.05) is 52.2 Å². The van der Waals surface area contributed by atoms with Crippen LogP contribution in [-0.4, -0.2) is 19.3 Å². The highest BCUT2D eigenvalue weighted by atomic mass is 32.2. The Morgan fingerprint density at radius 1 is 1.14 bits per heavy atom. The van der Waals surface area contributed by atoms with Gasteiger partial charge in [0.25, 0.3) is 0 Å². The van der Waals surface area contributed by atoms with Crippen LogP contribution in [-0.2, 0) is 11.4 Å². The molecule has 0 aromatic carbocycles. The molecule has 2 rings (SSSR count). The predicted molar refractivity (Wildman–Crippen MR) is 86.9 cm³/mol. The summed E-state index contributed by atoms with van der Waals surface area (Å²) in [5, 5.41) is 0. The summed E-state index contributed by atoms with van der Waals surface area (Å²) >= 11 is -1.11. The van der Waals surface area contributed by atoms with Crippen LogP contribution in [0.1, 0.15) is 39.3 Å². The second kappa shape index (κ2) is 6.56. The van der Waals surface area contributed by atoms with Crippen molar-refractivity contribution in [2.75, 3.05) is 0 Å². The van der Waals surface area contributed by atoms with Gasteiger partial charge in [-0.3, -0.25) is 9.97 Å². The molecule has 2 atom stereocenters. The molecule has 0 fully saturated rings. The summed E-state index contributed by atoms with van der Waals surface area (Å²) in [6.07, 6.45) is 7.18. The fourth-order valence-corrected chi connectivity index (χ4v) is 2.60. The first-order chi connectivity index (χ1) is 9.88. The lowest BCUT2D eigenvalue weighted by Crippen LogP contribution is -2.40. The Morgan fingerprint density at radius 2 is 1.86 bits per heavy atom. The molecule has 0 aliphatic heterocycles. The van der Waals surface area contributed by atoms with Crippen molar-refractivity contribution in [1.29, 1.82) is 0 Å². The smallest absolute Gasteiger partial charge is 0.136 e. The van der Waals surface area contributed by atoms with E-state index in [-0.39, 0.29) is 10.8 Å². The van der Waals surface area contributed by atoms with E-state index in [1.54, 1.807) is 12.4 Å². The highest BCUT2D eigenvalue weighted by Crippen LogP contribution is 2.23. The summed E-state index contributed by atoms with van der Waals surface area (Å²) in [5.74, 6) is 0. The summed E-state index contributed by atoms with van der Waals surface area (Å²) < 4.78 is 15.0. The highest BCUT2D eigenvalue weighted by Gasteiger charge is 2.28. The Hall–Kier alpha value is -1.43. The van der Waals surface area contributed by atoms with Gasteiger partial charge in [-0.1, -0.05) is 6.07 Å².